The summed E-state index contributed by atoms with van der Waals surface area (Å²) in [6.07, 6.45) is 2.49. The number of H-pyrrole nitrogens is 1. The van der Waals surface area contributed by atoms with E-state index in [-0.39, 0.29) is 6.04 Å². The first kappa shape index (κ1) is 14.5. The number of nitrogens with zero attached hydrogens (tertiary/aromatic N) is 1. The van der Waals surface area contributed by atoms with Crippen molar-refractivity contribution in [2.75, 3.05) is 0 Å². The van der Waals surface area contributed by atoms with Crippen LogP contribution in [-0.4, -0.2) is 14.7 Å². The minimum Gasteiger partial charge on any atom is -0.492 e. The number of nitrogens with one attached hydrogen (secondary N) is 1. The van der Waals surface area contributed by atoms with Crippen molar-refractivity contribution in [1.82, 2.24) is 9.55 Å². The molecule has 0 aliphatic carbocycles. The molecule has 1 atom stereocenters. The lowest BCUT2D eigenvalue weighted by Crippen LogP contribution is -2.33. The van der Waals surface area contributed by atoms with Crippen LogP contribution >= 0.6 is 0 Å². The molecule has 0 aromatic carbocycles. The number of hydrogen-bond donors (Lipinski definition) is 2. The normalized spacial score (nSPS) is 12.9. The van der Waals surface area contributed by atoms with Crippen molar-refractivity contribution < 1.29 is 9.50 Å². The first-order valence-corrected chi connectivity index (χ1v) is 6.07. The third kappa shape index (κ3) is 3.21. The van der Waals surface area contributed by atoms with E-state index in [4.69, 9.17) is 0 Å². The van der Waals surface area contributed by atoms with Gasteiger partial charge in [-0.3, -0.25) is 14.3 Å². The Morgan fingerprint density at radius 2 is 1.89 bits per heavy atom. The van der Waals surface area contributed by atoms with Crippen LogP contribution in [0.2, 0.25) is 0 Å². The van der Waals surface area contributed by atoms with E-state index >= 15 is 0 Å². The van der Waals surface area contributed by atoms with Gasteiger partial charge in [0.25, 0.3) is 5.56 Å². The van der Waals surface area contributed by atoms with E-state index in [0.717, 1.165) is 17.4 Å². The fourth-order valence-corrected chi connectivity index (χ4v) is 1.88. The van der Waals surface area contributed by atoms with Crippen LogP contribution in [0.3, 0.4) is 0 Å². The number of hydrogen-bond acceptors (Lipinski definition) is 3. The third-order valence-corrected chi connectivity index (χ3v) is 2.91. The lowest BCUT2D eigenvalue weighted by Gasteiger charge is -2.16. The van der Waals surface area contributed by atoms with E-state index in [0.29, 0.717) is 12.3 Å². The van der Waals surface area contributed by atoms with E-state index in [1.54, 1.807) is 6.92 Å². The summed E-state index contributed by atoms with van der Waals surface area (Å²) < 4.78 is 14.1. The van der Waals surface area contributed by atoms with Gasteiger partial charge in [-0.1, -0.05) is 26.7 Å². The smallest absolute Gasteiger partial charge is 0.331 e. The van der Waals surface area contributed by atoms with Gasteiger partial charge in [-0.25, -0.2) is 4.79 Å². The summed E-state index contributed by atoms with van der Waals surface area (Å²) in [5.41, 5.74) is -1.97. The molecule has 0 aliphatic heterocycles. The molecule has 102 valence electrons. The molecule has 2 N–H and O–H groups in total. The minimum atomic E-state index is -1.31. The van der Waals surface area contributed by atoms with Crippen LogP contribution in [0.15, 0.2) is 9.59 Å². The molecule has 0 saturated carbocycles. The van der Waals surface area contributed by atoms with Gasteiger partial charge in [-0.2, -0.15) is 4.39 Å². The van der Waals surface area contributed by atoms with Gasteiger partial charge >= 0.3 is 5.69 Å². The van der Waals surface area contributed by atoms with Gasteiger partial charge in [0.15, 0.2) is 0 Å². The summed E-state index contributed by atoms with van der Waals surface area (Å²) in [7, 11) is 0. The highest BCUT2D eigenvalue weighted by Crippen LogP contribution is 2.20. The molecule has 0 radical (unpaired) electrons. The van der Waals surface area contributed by atoms with E-state index in [2.05, 4.69) is 13.8 Å². The van der Waals surface area contributed by atoms with Crippen molar-refractivity contribution >= 4 is 0 Å². The van der Waals surface area contributed by atoms with E-state index in [1.165, 1.54) is 0 Å². The van der Waals surface area contributed by atoms with Crippen LogP contribution < -0.4 is 11.2 Å². The molecule has 0 bridgehead atoms. The minimum absolute atomic E-state index is 0.359. The quantitative estimate of drug-likeness (QED) is 0.845. The van der Waals surface area contributed by atoms with Gasteiger partial charge in [-0.05, 0) is 19.3 Å². The molecule has 18 heavy (non-hydrogen) atoms. The van der Waals surface area contributed by atoms with Gasteiger partial charge in [0.2, 0.25) is 11.7 Å². The lowest BCUT2D eigenvalue weighted by molar-refractivity contribution is 0.325. The zero-order valence-electron chi connectivity index (χ0n) is 10.9. The number of aromatic amines is 1. The highest BCUT2D eigenvalue weighted by molar-refractivity contribution is 5.10. The molecule has 0 fully saturated rings. The summed E-state index contributed by atoms with van der Waals surface area (Å²) >= 11 is 0. The Bertz CT molecular complexity index is 519. The standard InChI is InChI=1S/C12H19FN2O3/c1-7(2)5-4-6-8(3)15-11(17)9(13)10(16)14-12(15)18/h7-8,17H,4-6H2,1-3H3,(H,14,16,18). The summed E-state index contributed by atoms with van der Waals surface area (Å²) in [6, 6.07) is -0.359. The zero-order chi connectivity index (χ0) is 13.9. The second kappa shape index (κ2) is 5.84. The molecular weight excluding hydrogens is 239 g/mol. The van der Waals surface area contributed by atoms with Crippen molar-refractivity contribution in [2.45, 2.75) is 46.1 Å². The molecule has 1 aromatic rings. The second-order valence-corrected chi connectivity index (χ2v) is 4.94. The molecule has 1 rings (SSSR count). The number of aromatic nitrogens is 2. The molecule has 6 heteroatoms. The monoisotopic (exact) mass is 258 g/mol. The first-order valence-electron chi connectivity index (χ1n) is 6.07. The van der Waals surface area contributed by atoms with Crippen LogP contribution in [-0.2, 0) is 0 Å². The van der Waals surface area contributed by atoms with Crippen LogP contribution in [0.25, 0.3) is 0 Å². The Morgan fingerprint density at radius 1 is 1.28 bits per heavy atom. The predicted molar refractivity (Wildman–Crippen MR) is 66.3 cm³/mol. The lowest BCUT2D eigenvalue weighted by atomic mass is 10.0. The zero-order valence-corrected chi connectivity index (χ0v) is 10.9. The molecule has 0 amide bonds. The largest absolute Gasteiger partial charge is 0.492 e. The van der Waals surface area contributed by atoms with Crippen LogP contribution in [0.1, 0.15) is 46.1 Å². The summed E-state index contributed by atoms with van der Waals surface area (Å²) in [4.78, 5) is 24.3. The van der Waals surface area contributed by atoms with Crippen LogP contribution in [0.5, 0.6) is 5.88 Å². The van der Waals surface area contributed by atoms with Gasteiger partial charge in [0.1, 0.15) is 0 Å². The van der Waals surface area contributed by atoms with Crippen molar-refractivity contribution in [2.24, 2.45) is 5.92 Å². The maximum Gasteiger partial charge on any atom is 0.331 e. The van der Waals surface area contributed by atoms with E-state index in [1.807, 2.05) is 4.98 Å². The summed E-state index contributed by atoms with van der Waals surface area (Å²) in [5.74, 6) is -1.65. The Morgan fingerprint density at radius 3 is 2.44 bits per heavy atom. The van der Waals surface area contributed by atoms with Gasteiger partial charge in [-0.15, -0.1) is 0 Å². The molecule has 1 unspecified atom stereocenters. The Balaban J connectivity index is 2.93. The van der Waals surface area contributed by atoms with Gasteiger partial charge in [0, 0.05) is 6.04 Å². The van der Waals surface area contributed by atoms with Crippen molar-refractivity contribution in [3.63, 3.8) is 0 Å². The van der Waals surface area contributed by atoms with Crippen molar-refractivity contribution in [3.05, 3.63) is 26.7 Å². The molecule has 0 aliphatic rings. The first-order chi connectivity index (χ1) is 8.34. The summed E-state index contributed by atoms with van der Waals surface area (Å²) in [6.45, 7) is 5.89. The molecular formula is C12H19FN2O3. The highest BCUT2D eigenvalue weighted by atomic mass is 19.1. The van der Waals surface area contributed by atoms with E-state index < -0.39 is 22.9 Å². The molecule has 1 heterocycles. The third-order valence-electron chi connectivity index (χ3n) is 2.91. The molecule has 5 nitrogen and oxygen atoms in total. The van der Waals surface area contributed by atoms with Crippen molar-refractivity contribution in [1.29, 1.82) is 0 Å². The fourth-order valence-electron chi connectivity index (χ4n) is 1.88. The molecule has 0 spiro atoms. The maximum absolute atomic E-state index is 13.2. The predicted octanol–water partition coefficient (Wildman–Crippen LogP) is 1.77. The number of aromatic hydroxyl groups is 1. The topological polar surface area (TPSA) is 75.1 Å². The molecule has 0 saturated heterocycles. The number of rotatable bonds is 5. The van der Waals surface area contributed by atoms with Gasteiger partial charge < -0.3 is 5.11 Å². The Kier molecular flexibility index (Phi) is 4.69. The fraction of sp³-hybridized carbons (Fsp3) is 0.667. The van der Waals surface area contributed by atoms with Crippen LogP contribution in [0, 0.1) is 11.7 Å². The van der Waals surface area contributed by atoms with Crippen LogP contribution in [0.4, 0.5) is 4.39 Å². The Labute approximate surface area is 104 Å². The highest BCUT2D eigenvalue weighted by Gasteiger charge is 2.17. The average molecular weight is 258 g/mol. The molecule has 1 aromatic heterocycles. The summed E-state index contributed by atoms with van der Waals surface area (Å²) in [5, 5.41) is 9.51. The van der Waals surface area contributed by atoms with E-state index in [9.17, 15) is 19.1 Å². The second-order valence-electron chi connectivity index (χ2n) is 4.94. The Hall–Kier alpha value is -1.59. The van der Waals surface area contributed by atoms with Crippen molar-refractivity contribution in [3.8, 4) is 5.88 Å². The number of halogens is 1. The maximum atomic E-state index is 13.2. The average Bonchev–Trinajstić information content (AvgIpc) is 2.25. The SMILES string of the molecule is CC(C)CCCC(C)n1c(O)c(F)c(=O)[nH]c1=O. The van der Waals surface area contributed by atoms with Gasteiger partial charge in [0.05, 0.1) is 0 Å².